The molecule has 0 fully saturated rings. The predicted molar refractivity (Wildman–Crippen MR) is 120 cm³/mol. The van der Waals surface area contributed by atoms with Crippen molar-refractivity contribution in [2.45, 2.75) is 25.0 Å². The average Bonchev–Trinajstić information content (AvgIpc) is 3.32. The summed E-state index contributed by atoms with van der Waals surface area (Å²) in [4.78, 5) is 19.3. The molecule has 4 aromatic rings. The summed E-state index contributed by atoms with van der Waals surface area (Å²) in [5.41, 5.74) is 8.04. The number of ether oxygens (including phenoxy) is 1. The van der Waals surface area contributed by atoms with Crippen LogP contribution in [0.4, 0.5) is 5.82 Å². The average molecular weight is 416 g/mol. The van der Waals surface area contributed by atoms with Gasteiger partial charge in [-0.15, -0.1) is 0 Å². The van der Waals surface area contributed by atoms with Crippen molar-refractivity contribution in [1.29, 1.82) is 0 Å². The molecule has 0 spiro atoms. The number of thioether (sulfide) groups is 1. The summed E-state index contributed by atoms with van der Waals surface area (Å²) in [5, 5.41) is 0. The number of aromatic nitrogens is 4. The van der Waals surface area contributed by atoms with Gasteiger partial charge in [0.2, 0.25) is 0 Å². The second-order valence-electron chi connectivity index (χ2n) is 7.76. The van der Waals surface area contributed by atoms with E-state index in [0.29, 0.717) is 6.61 Å². The van der Waals surface area contributed by atoms with Crippen molar-refractivity contribution in [3.8, 4) is 16.9 Å². The van der Waals surface area contributed by atoms with Crippen LogP contribution < -0.4 is 9.64 Å². The standard InChI is InChI=1S/C23H21N5OS/c1-14-26-19-4-2-16(9-20(19)27-14)15-3-5-22-17(8-15)10-28(6-7-29-22)23-18-11-30-12-21(18)24-13-25-23/h2-5,8-9,13H,6-7,10-12H2,1H3,(H,26,27). The third kappa shape index (κ3) is 3.01. The summed E-state index contributed by atoms with van der Waals surface area (Å²) >= 11 is 1.91. The van der Waals surface area contributed by atoms with Gasteiger partial charge in [0, 0.05) is 29.2 Å². The molecule has 6 rings (SSSR count). The molecule has 0 amide bonds. The zero-order valence-corrected chi connectivity index (χ0v) is 17.5. The van der Waals surface area contributed by atoms with Gasteiger partial charge in [0.25, 0.3) is 0 Å². The molecule has 2 aromatic heterocycles. The zero-order chi connectivity index (χ0) is 20.1. The van der Waals surface area contributed by atoms with Crippen LogP contribution in [0.1, 0.15) is 22.6 Å². The van der Waals surface area contributed by atoms with Gasteiger partial charge < -0.3 is 14.6 Å². The summed E-state index contributed by atoms with van der Waals surface area (Å²) in [5.74, 6) is 4.91. The first-order valence-corrected chi connectivity index (χ1v) is 11.3. The monoisotopic (exact) mass is 415 g/mol. The first kappa shape index (κ1) is 17.8. The molecule has 2 aliphatic rings. The topological polar surface area (TPSA) is 66.9 Å². The van der Waals surface area contributed by atoms with Crippen LogP contribution in [0.5, 0.6) is 5.75 Å². The largest absolute Gasteiger partial charge is 0.491 e. The number of hydrogen-bond donors (Lipinski definition) is 1. The first-order chi connectivity index (χ1) is 14.7. The highest BCUT2D eigenvalue weighted by Crippen LogP contribution is 2.36. The van der Waals surface area contributed by atoms with Crippen LogP contribution in [-0.2, 0) is 18.1 Å². The number of benzene rings is 2. The van der Waals surface area contributed by atoms with Crippen molar-refractivity contribution in [2.24, 2.45) is 0 Å². The lowest BCUT2D eigenvalue weighted by Gasteiger charge is -2.23. The number of fused-ring (bicyclic) bond motifs is 3. The molecular formula is C23H21N5OS. The van der Waals surface area contributed by atoms with Gasteiger partial charge in [-0.05, 0) is 42.3 Å². The minimum absolute atomic E-state index is 0.650. The smallest absolute Gasteiger partial charge is 0.136 e. The van der Waals surface area contributed by atoms with Gasteiger partial charge in [0.15, 0.2) is 0 Å². The van der Waals surface area contributed by atoms with Crippen LogP contribution in [0.15, 0.2) is 42.7 Å². The molecule has 0 atom stereocenters. The highest BCUT2D eigenvalue weighted by atomic mass is 32.2. The quantitative estimate of drug-likeness (QED) is 0.521. The summed E-state index contributed by atoms with van der Waals surface area (Å²) < 4.78 is 6.08. The SMILES string of the molecule is Cc1nc2ccc(-c3ccc4c(c3)CN(c3ncnc5c3CSC5)CCO4)cc2[nH]1. The third-order valence-corrected chi connectivity index (χ3v) is 6.74. The van der Waals surface area contributed by atoms with E-state index in [1.54, 1.807) is 6.33 Å². The van der Waals surface area contributed by atoms with Gasteiger partial charge in [0.05, 0.1) is 23.3 Å². The van der Waals surface area contributed by atoms with Crippen molar-refractivity contribution in [3.63, 3.8) is 0 Å². The fraction of sp³-hybridized carbons (Fsp3) is 0.261. The predicted octanol–water partition coefficient (Wildman–Crippen LogP) is 4.47. The molecule has 0 saturated heterocycles. The number of anilines is 1. The number of rotatable bonds is 2. The Balaban J connectivity index is 1.37. The molecule has 6 nitrogen and oxygen atoms in total. The Morgan fingerprint density at radius 2 is 1.97 bits per heavy atom. The molecule has 2 aromatic carbocycles. The second kappa shape index (κ2) is 7.02. The van der Waals surface area contributed by atoms with E-state index < -0.39 is 0 Å². The van der Waals surface area contributed by atoms with Gasteiger partial charge in [-0.25, -0.2) is 15.0 Å². The number of aromatic amines is 1. The fourth-order valence-electron chi connectivity index (χ4n) is 4.30. The Morgan fingerprint density at radius 3 is 2.93 bits per heavy atom. The maximum absolute atomic E-state index is 6.08. The molecule has 0 unspecified atom stereocenters. The number of aryl methyl sites for hydroxylation is 1. The molecule has 0 radical (unpaired) electrons. The lowest BCUT2D eigenvalue weighted by atomic mass is 10.0. The molecule has 0 saturated carbocycles. The van der Waals surface area contributed by atoms with Crippen LogP contribution in [-0.4, -0.2) is 33.1 Å². The summed E-state index contributed by atoms with van der Waals surface area (Å²) in [6.45, 7) is 4.23. The first-order valence-electron chi connectivity index (χ1n) is 10.1. The van der Waals surface area contributed by atoms with E-state index in [-0.39, 0.29) is 0 Å². The minimum Gasteiger partial charge on any atom is -0.491 e. The van der Waals surface area contributed by atoms with E-state index in [4.69, 9.17) is 4.74 Å². The number of nitrogens with zero attached hydrogens (tertiary/aromatic N) is 4. The van der Waals surface area contributed by atoms with Crippen LogP contribution in [0.3, 0.4) is 0 Å². The van der Waals surface area contributed by atoms with Crippen molar-refractivity contribution >= 4 is 28.6 Å². The molecule has 7 heteroatoms. The van der Waals surface area contributed by atoms with E-state index in [1.807, 2.05) is 18.7 Å². The molecule has 1 N–H and O–H groups in total. The highest BCUT2D eigenvalue weighted by Gasteiger charge is 2.24. The van der Waals surface area contributed by atoms with Crippen molar-refractivity contribution < 1.29 is 4.74 Å². The van der Waals surface area contributed by atoms with E-state index in [1.165, 1.54) is 27.9 Å². The van der Waals surface area contributed by atoms with Gasteiger partial charge in [-0.2, -0.15) is 11.8 Å². The third-order valence-electron chi connectivity index (χ3n) is 5.77. The van der Waals surface area contributed by atoms with E-state index in [2.05, 4.69) is 61.2 Å². The number of imidazole rings is 1. The van der Waals surface area contributed by atoms with Crippen LogP contribution in [0.2, 0.25) is 0 Å². The lowest BCUT2D eigenvalue weighted by Crippen LogP contribution is -2.27. The summed E-state index contributed by atoms with van der Waals surface area (Å²) in [7, 11) is 0. The van der Waals surface area contributed by atoms with E-state index in [0.717, 1.165) is 53.0 Å². The van der Waals surface area contributed by atoms with E-state index >= 15 is 0 Å². The highest BCUT2D eigenvalue weighted by molar-refractivity contribution is 7.98. The lowest BCUT2D eigenvalue weighted by molar-refractivity contribution is 0.331. The molecular weight excluding hydrogens is 394 g/mol. The fourth-order valence-corrected chi connectivity index (χ4v) is 5.35. The van der Waals surface area contributed by atoms with Crippen LogP contribution >= 0.6 is 11.8 Å². The van der Waals surface area contributed by atoms with Crippen LogP contribution in [0.25, 0.3) is 22.2 Å². The Kier molecular flexibility index (Phi) is 4.16. The Labute approximate surface area is 178 Å². The molecule has 30 heavy (non-hydrogen) atoms. The number of H-pyrrole nitrogens is 1. The molecule has 0 aliphatic carbocycles. The van der Waals surface area contributed by atoms with Gasteiger partial charge in [-0.3, -0.25) is 0 Å². The van der Waals surface area contributed by atoms with Crippen molar-refractivity contribution in [1.82, 2.24) is 19.9 Å². The van der Waals surface area contributed by atoms with Gasteiger partial charge in [0.1, 0.15) is 30.3 Å². The van der Waals surface area contributed by atoms with Crippen molar-refractivity contribution in [2.75, 3.05) is 18.1 Å². The molecule has 0 bridgehead atoms. The number of nitrogens with one attached hydrogen (secondary N) is 1. The second-order valence-corrected chi connectivity index (χ2v) is 8.75. The zero-order valence-electron chi connectivity index (χ0n) is 16.7. The maximum atomic E-state index is 6.08. The Hall–Kier alpha value is -3.06. The summed E-state index contributed by atoms with van der Waals surface area (Å²) in [6.07, 6.45) is 1.70. The normalized spacial score (nSPS) is 15.6. The van der Waals surface area contributed by atoms with Gasteiger partial charge >= 0.3 is 0 Å². The van der Waals surface area contributed by atoms with Crippen molar-refractivity contribution in [3.05, 3.63) is 65.4 Å². The number of hydrogen-bond acceptors (Lipinski definition) is 6. The summed E-state index contributed by atoms with van der Waals surface area (Å²) in [6, 6.07) is 12.8. The molecule has 2 aliphatic heterocycles. The minimum atomic E-state index is 0.650. The Bertz CT molecular complexity index is 1270. The molecule has 4 heterocycles. The Morgan fingerprint density at radius 1 is 1.07 bits per heavy atom. The van der Waals surface area contributed by atoms with E-state index in [9.17, 15) is 0 Å². The van der Waals surface area contributed by atoms with Crippen LogP contribution in [0, 0.1) is 6.92 Å². The molecule has 150 valence electrons. The maximum Gasteiger partial charge on any atom is 0.136 e. The van der Waals surface area contributed by atoms with Gasteiger partial charge in [-0.1, -0.05) is 12.1 Å².